The van der Waals surface area contributed by atoms with E-state index in [-0.39, 0.29) is 12.5 Å². The number of piperidine rings is 1. The Morgan fingerprint density at radius 3 is 2.83 bits per heavy atom. The van der Waals surface area contributed by atoms with Crippen LogP contribution in [0.2, 0.25) is 0 Å². The van der Waals surface area contributed by atoms with Gasteiger partial charge in [-0.25, -0.2) is 9.18 Å². The molecule has 4 nitrogen and oxygen atoms in total. The van der Waals surface area contributed by atoms with Crippen molar-refractivity contribution in [3.05, 3.63) is 0 Å². The Labute approximate surface area is 70.4 Å². The van der Waals surface area contributed by atoms with Gasteiger partial charge in [0.15, 0.2) is 0 Å². The normalized spacial score (nSPS) is 31.5. The lowest BCUT2D eigenvalue weighted by atomic mass is 10.1. The van der Waals surface area contributed by atoms with E-state index in [2.05, 4.69) is 5.32 Å². The molecule has 12 heavy (non-hydrogen) atoms. The van der Waals surface area contributed by atoms with Crippen LogP contribution in [0.3, 0.4) is 0 Å². The molecule has 2 N–H and O–H groups in total. The first-order chi connectivity index (χ1) is 5.58. The summed E-state index contributed by atoms with van der Waals surface area (Å²) in [4.78, 5) is 12.0. The number of hydrogen-bond acceptors (Lipinski definition) is 2. The van der Waals surface area contributed by atoms with Gasteiger partial charge in [0.1, 0.15) is 6.17 Å². The molecule has 1 fully saturated rings. The number of nitrogens with one attached hydrogen (secondary N) is 1. The summed E-state index contributed by atoms with van der Waals surface area (Å²) in [6.45, 7) is 0.991. The molecule has 0 radical (unpaired) electrons. The fraction of sp³-hybridized carbons (Fsp3) is 0.857. The van der Waals surface area contributed by atoms with Crippen molar-refractivity contribution < 1.29 is 14.3 Å². The maximum atomic E-state index is 12.9. The smallest absolute Gasteiger partial charge is 0.404 e. The summed E-state index contributed by atoms with van der Waals surface area (Å²) in [5.74, 6) is 0. The third kappa shape index (κ3) is 2.65. The summed E-state index contributed by atoms with van der Waals surface area (Å²) in [5, 5.41) is 10.7. The topological polar surface area (TPSA) is 52.6 Å². The van der Waals surface area contributed by atoms with Crippen molar-refractivity contribution in [3.63, 3.8) is 0 Å². The highest BCUT2D eigenvalue weighted by Gasteiger charge is 2.25. The van der Waals surface area contributed by atoms with Crippen LogP contribution in [0.25, 0.3) is 0 Å². The average Bonchev–Trinajstić information content (AvgIpc) is 1.81. The molecular weight excluding hydrogens is 163 g/mol. The molecule has 1 heterocycles. The molecule has 2 atom stereocenters. The number of hydrogen-bond donors (Lipinski definition) is 2. The monoisotopic (exact) mass is 176 g/mol. The number of likely N-dealkylation sites (tertiary alicyclic amines) is 1. The molecule has 0 spiro atoms. The second kappa shape index (κ2) is 3.71. The lowest BCUT2D eigenvalue weighted by molar-refractivity contribution is 0.126. The predicted molar refractivity (Wildman–Crippen MR) is 42.0 cm³/mol. The lowest BCUT2D eigenvalue weighted by Crippen LogP contribution is -2.49. The van der Waals surface area contributed by atoms with E-state index in [0.29, 0.717) is 13.1 Å². The fourth-order valence-corrected chi connectivity index (χ4v) is 1.53. The first kappa shape index (κ1) is 9.25. The Kier molecular flexibility index (Phi) is 2.86. The van der Waals surface area contributed by atoms with Crippen LogP contribution < -0.4 is 5.32 Å². The van der Waals surface area contributed by atoms with Gasteiger partial charge in [-0.1, -0.05) is 0 Å². The number of rotatable bonds is 1. The third-order valence-corrected chi connectivity index (χ3v) is 1.91. The number of carbonyl (C=O) groups is 1. The van der Waals surface area contributed by atoms with Crippen molar-refractivity contribution in [2.75, 3.05) is 20.1 Å². The maximum Gasteiger partial charge on any atom is 0.404 e. The Hall–Kier alpha value is -0.840. The molecule has 0 saturated carbocycles. The predicted octanol–water partition coefficient (Wildman–Crippen LogP) is 0.296. The van der Waals surface area contributed by atoms with E-state index in [1.807, 2.05) is 0 Å². The minimum Gasteiger partial charge on any atom is -0.465 e. The molecule has 1 saturated heterocycles. The molecule has 1 rings (SSSR count). The van der Waals surface area contributed by atoms with E-state index >= 15 is 0 Å². The molecule has 0 aromatic carbocycles. The largest absolute Gasteiger partial charge is 0.465 e. The summed E-state index contributed by atoms with van der Waals surface area (Å²) >= 11 is 0. The first-order valence-corrected chi connectivity index (χ1v) is 3.90. The van der Waals surface area contributed by atoms with E-state index in [1.165, 1.54) is 0 Å². The third-order valence-electron chi connectivity index (χ3n) is 1.91. The van der Waals surface area contributed by atoms with E-state index in [1.54, 1.807) is 11.9 Å². The highest BCUT2D eigenvalue weighted by atomic mass is 19.1. The molecule has 70 valence electrons. The number of halogens is 1. The van der Waals surface area contributed by atoms with Crippen LogP contribution in [0.5, 0.6) is 0 Å². The molecule has 0 aromatic rings. The molecule has 0 bridgehead atoms. The number of alkyl halides is 1. The zero-order valence-corrected chi connectivity index (χ0v) is 6.96. The van der Waals surface area contributed by atoms with Gasteiger partial charge in [-0.3, -0.25) is 0 Å². The zero-order chi connectivity index (χ0) is 9.14. The summed E-state index contributed by atoms with van der Waals surface area (Å²) < 4.78 is 12.9. The highest BCUT2D eigenvalue weighted by molar-refractivity contribution is 5.64. The van der Waals surface area contributed by atoms with E-state index < -0.39 is 12.3 Å². The van der Waals surface area contributed by atoms with Gasteiger partial charge >= 0.3 is 6.09 Å². The van der Waals surface area contributed by atoms with Crippen molar-refractivity contribution in [2.45, 2.75) is 18.6 Å². The van der Waals surface area contributed by atoms with Crippen LogP contribution in [0.1, 0.15) is 6.42 Å². The van der Waals surface area contributed by atoms with Crippen molar-refractivity contribution in [3.8, 4) is 0 Å². The molecule has 0 unspecified atom stereocenters. The van der Waals surface area contributed by atoms with E-state index in [9.17, 15) is 9.18 Å². The Balaban J connectivity index is 2.38. The maximum absolute atomic E-state index is 12.9. The standard InChI is InChI=1S/C7H13FN2O2/c1-10-3-5(8)2-6(4-10)9-7(11)12/h5-6,9H,2-4H2,1H3,(H,11,12)/t5-,6-/m1/s1. The van der Waals surface area contributed by atoms with Crippen molar-refractivity contribution in [1.82, 2.24) is 10.2 Å². The summed E-state index contributed by atoms with van der Waals surface area (Å²) in [7, 11) is 1.78. The van der Waals surface area contributed by atoms with Crippen LogP contribution in [-0.4, -0.2) is 48.5 Å². The Morgan fingerprint density at radius 1 is 1.67 bits per heavy atom. The van der Waals surface area contributed by atoms with Crippen molar-refractivity contribution in [2.24, 2.45) is 0 Å². The second-order valence-corrected chi connectivity index (χ2v) is 3.20. The van der Waals surface area contributed by atoms with Gasteiger partial charge < -0.3 is 15.3 Å². The number of amides is 1. The Bertz CT molecular complexity index is 167. The fourth-order valence-electron chi connectivity index (χ4n) is 1.53. The van der Waals surface area contributed by atoms with Gasteiger partial charge in [0.2, 0.25) is 0 Å². The quantitative estimate of drug-likeness (QED) is 0.604. The Morgan fingerprint density at radius 2 is 2.33 bits per heavy atom. The van der Waals surface area contributed by atoms with Gasteiger partial charge in [-0.15, -0.1) is 0 Å². The van der Waals surface area contributed by atoms with Crippen LogP contribution in [0.15, 0.2) is 0 Å². The first-order valence-electron chi connectivity index (χ1n) is 3.90. The van der Waals surface area contributed by atoms with Crippen LogP contribution in [-0.2, 0) is 0 Å². The van der Waals surface area contributed by atoms with Gasteiger partial charge in [-0.05, 0) is 7.05 Å². The number of nitrogens with zero attached hydrogens (tertiary/aromatic N) is 1. The van der Waals surface area contributed by atoms with E-state index in [4.69, 9.17) is 5.11 Å². The summed E-state index contributed by atoms with van der Waals surface area (Å²) in [6, 6.07) is -0.267. The summed E-state index contributed by atoms with van der Waals surface area (Å²) in [5.41, 5.74) is 0. The molecule has 0 aromatic heterocycles. The molecular formula is C7H13FN2O2. The van der Waals surface area contributed by atoms with Crippen molar-refractivity contribution in [1.29, 1.82) is 0 Å². The van der Waals surface area contributed by atoms with Crippen LogP contribution in [0.4, 0.5) is 9.18 Å². The summed E-state index contributed by atoms with van der Waals surface area (Å²) in [6.07, 6.45) is -1.71. The van der Waals surface area contributed by atoms with Gasteiger partial charge in [0, 0.05) is 25.6 Å². The van der Waals surface area contributed by atoms with Crippen molar-refractivity contribution >= 4 is 6.09 Å². The minimum atomic E-state index is -1.08. The number of carboxylic acid groups (broad SMARTS) is 1. The zero-order valence-electron chi connectivity index (χ0n) is 6.96. The molecule has 0 aliphatic carbocycles. The SMILES string of the molecule is CN1C[C@H](F)C[C@@H](NC(=O)O)C1. The van der Waals surface area contributed by atoms with Gasteiger partial charge in [-0.2, -0.15) is 0 Å². The number of likely N-dealkylation sites (N-methyl/N-ethyl adjacent to an activating group) is 1. The van der Waals surface area contributed by atoms with E-state index in [0.717, 1.165) is 0 Å². The minimum absolute atomic E-state index is 0.267. The average molecular weight is 176 g/mol. The molecule has 1 aliphatic heterocycles. The second-order valence-electron chi connectivity index (χ2n) is 3.20. The lowest BCUT2D eigenvalue weighted by Gasteiger charge is -2.31. The van der Waals surface area contributed by atoms with Gasteiger partial charge in [0.25, 0.3) is 0 Å². The van der Waals surface area contributed by atoms with Gasteiger partial charge in [0.05, 0.1) is 0 Å². The molecule has 1 aliphatic rings. The van der Waals surface area contributed by atoms with Crippen LogP contribution >= 0.6 is 0 Å². The highest BCUT2D eigenvalue weighted by Crippen LogP contribution is 2.11. The van der Waals surface area contributed by atoms with Crippen LogP contribution in [0, 0.1) is 0 Å². The molecule has 5 heteroatoms. The molecule has 1 amide bonds.